The van der Waals surface area contributed by atoms with Crippen LogP contribution in [0.5, 0.6) is 0 Å². The maximum absolute atomic E-state index is 11.6. The normalized spacial score (nSPS) is 11.0. The third-order valence-corrected chi connectivity index (χ3v) is 3.55. The molecular weight excluding hydrogens is 408 g/mol. The van der Waals surface area contributed by atoms with Crippen molar-refractivity contribution in [1.29, 1.82) is 0 Å². The summed E-state index contributed by atoms with van der Waals surface area (Å²) in [6.45, 7) is -0.900. The van der Waals surface area contributed by atoms with Crippen molar-refractivity contribution in [1.82, 2.24) is 0 Å². The Labute approximate surface area is 172 Å². The van der Waals surface area contributed by atoms with E-state index in [1.54, 1.807) is 0 Å². The first kappa shape index (κ1) is 25.9. The maximum atomic E-state index is 11.6. The van der Waals surface area contributed by atoms with Crippen molar-refractivity contribution < 1.29 is 58.4 Å². The lowest BCUT2D eigenvalue weighted by molar-refractivity contribution is -0.0902. The largest absolute Gasteiger partial charge is 0.478 e. The van der Waals surface area contributed by atoms with Crippen molar-refractivity contribution in [2.24, 2.45) is 0 Å². The number of aliphatic hydroxyl groups excluding tert-OH is 2. The summed E-state index contributed by atoms with van der Waals surface area (Å²) in [5, 5.41) is 35.9. The van der Waals surface area contributed by atoms with Gasteiger partial charge in [0.2, 0.25) is 0 Å². The van der Waals surface area contributed by atoms with Crippen molar-refractivity contribution in [3.8, 4) is 0 Å². The van der Waals surface area contributed by atoms with Crippen LogP contribution in [0.4, 0.5) is 0 Å². The van der Waals surface area contributed by atoms with Crippen LogP contribution in [0, 0.1) is 0 Å². The van der Waals surface area contributed by atoms with E-state index in [-0.39, 0.29) is 69.9 Å². The fraction of sp³-hybridized carbons (Fsp3) is 0.556. The summed E-state index contributed by atoms with van der Waals surface area (Å²) in [6.07, 6.45) is 0. The predicted molar refractivity (Wildman–Crippen MR) is 97.7 cm³/mol. The first-order chi connectivity index (χ1) is 14.5. The molecule has 0 saturated heterocycles. The molecule has 4 N–H and O–H groups in total. The molecule has 0 amide bonds. The number of aromatic carboxylic acids is 2. The maximum Gasteiger partial charge on any atom is 0.336 e. The van der Waals surface area contributed by atoms with Crippen LogP contribution >= 0.6 is 0 Å². The first-order valence-electron chi connectivity index (χ1n) is 8.81. The van der Waals surface area contributed by atoms with Crippen molar-refractivity contribution >= 4 is 11.9 Å². The highest BCUT2D eigenvalue weighted by molar-refractivity contribution is 5.97. The van der Waals surface area contributed by atoms with E-state index in [0.29, 0.717) is 5.56 Å². The molecule has 0 spiro atoms. The molecule has 0 aliphatic heterocycles. The van der Waals surface area contributed by atoms with Crippen LogP contribution in [0.25, 0.3) is 0 Å². The van der Waals surface area contributed by atoms with E-state index in [0.717, 1.165) is 0 Å². The Morgan fingerprint density at radius 3 is 1.53 bits per heavy atom. The van der Waals surface area contributed by atoms with E-state index < -0.39 is 25.5 Å². The topological polar surface area (TPSA) is 170 Å². The summed E-state index contributed by atoms with van der Waals surface area (Å²) in [4.78, 5) is 23.2. The van der Waals surface area contributed by atoms with E-state index in [2.05, 4.69) is 9.47 Å². The van der Waals surface area contributed by atoms with Gasteiger partial charge in [0.15, 0.2) is 0 Å². The number of hydrogen-bond donors (Lipinski definition) is 4. The summed E-state index contributed by atoms with van der Waals surface area (Å²) in [5.41, 5.74) is -0.128. The SMILES string of the molecule is O=C(O)c1cc(COCOCCOCO)cc(C(=O)O)c1COCOCCOCO. The summed E-state index contributed by atoms with van der Waals surface area (Å²) in [6, 6.07) is 2.61. The number of ether oxygens (including phenoxy) is 6. The van der Waals surface area contributed by atoms with Gasteiger partial charge in [0.05, 0.1) is 50.8 Å². The van der Waals surface area contributed by atoms with Crippen LogP contribution in [0.15, 0.2) is 12.1 Å². The molecule has 12 heteroatoms. The second kappa shape index (κ2) is 15.6. The standard InChI is InChI=1S/C18H26O12/c19-9-25-1-3-27-11-29-7-13-5-14(17(21)22)16(15(6-13)18(23)24)8-30-12-28-4-2-26-10-20/h5-6,19-20H,1-4,7-12H2,(H,21,22)(H,23,24). The average Bonchev–Trinajstić information content (AvgIpc) is 2.72. The van der Waals surface area contributed by atoms with Crippen molar-refractivity contribution in [3.63, 3.8) is 0 Å². The lowest BCUT2D eigenvalue weighted by Crippen LogP contribution is -2.15. The van der Waals surface area contributed by atoms with Gasteiger partial charge in [-0.2, -0.15) is 0 Å². The summed E-state index contributed by atoms with van der Waals surface area (Å²) >= 11 is 0. The molecule has 0 aromatic heterocycles. The van der Waals surface area contributed by atoms with Gasteiger partial charge in [0, 0.05) is 5.56 Å². The van der Waals surface area contributed by atoms with Crippen LogP contribution in [-0.2, 0) is 41.6 Å². The van der Waals surface area contributed by atoms with E-state index in [1.165, 1.54) is 12.1 Å². The van der Waals surface area contributed by atoms with Crippen LogP contribution in [0.3, 0.4) is 0 Å². The van der Waals surface area contributed by atoms with Gasteiger partial charge in [0.25, 0.3) is 0 Å². The number of carboxylic acid groups (broad SMARTS) is 2. The molecule has 0 fully saturated rings. The highest BCUT2D eigenvalue weighted by atomic mass is 16.7. The highest BCUT2D eigenvalue weighted by Gasteiger charge is 2.20. The molecular formula is C18H26O12. The van der Waals surface area contributed by atoms with Gasteiger partial charge in [-0.05, 0) is 17.7 Å². The molecule has 0 radical (unpaired) electrons. The fourth-order valence-corrected chi connectivity index (χ4v) is 2.26. The Morgan fingerprint density at radius 2 is 1.10 bits per heavy atom. The Bertz CT molecular complexity index is 613. The zero-order chi connectivity index (χ0) is 22.2. The molecule has 0 saturated carbocycles. The Morgan fingerprint density at radius 1 is 0.667 bits per heavy atom. The molecule has 1 aromatic carbocycles. The van der Waals surface area contributed by atoms with Crippen molar-refractivity contribution in [3.05, 3.63) is 34.4 Å². The van der Waals surface area contributed by atoms with Gasteiger partial charge in [-0.15, -0.1) is 0 Å². The molecule has 0 unspecified atom stereocenters. The third kappa shape index (κ3) is 10.0. The molecule has 1 rings (SSSR count). The zero-order valence-electron chi connectivity index (χ0n) is 16.3. The van der Waals surface area contributed by atoms with E-state index in [9.17, 15) is 19.8 Å². The fourth-order valence-electron chi connectivity index (χ4n) is 2.26. The Balaban J connectivity index is 2.69. The average molecular weight is 434 g/mol. The molecule has 1 aromatic rings. The quantitative estimate of drug-likeness (QED) is 0.180. The molecule has 0 bridgehead atoms. The van der Waals surface area contributed by atoms with E-state index in [4.69, 9.17) is 29.2 Å². The summed E-state index contributed by atoms with van der Waals surface area (Å²) in [7, 11) is 0. The molecule has 170 valence electrons. The van der Waals surface area contributed by atoms with Crippen LogP contribution < -0.4 is 0 Å². The molecule has 0 atom stereocenters. The second-order valence-corrected chi connectivity index (χ2v) is 5.60. The number of aliphatic hydroxyl groups is 2. The molecule has 12 nitrogen and oxygen atoms in total. The number of rotatable bonds is 18. The number of carboxylic acids is 2. The first-order valence-corrected chi connectivity index (χ1v) is 8.81. The molecule has 0 aliphatic rings. The van der Waals surface area contributed by atoms with Gasteiger partial charge >= 0.3 is 11.9 Å². The number of hydrogen-bond acceptors (Lipinski definition) is 10. The van der Waals surface area contributed by atoms with Gasteiger partial charge in [-0.25, -0.2) is 9.59 Å². The number of carbonyl (C=O) groups is 2. The van der Waals surface area contributed by atoms with Crippen LogP contribution in [-0.4, -0.2) is 86.0 Å². The monoisotopic (exact) mass is 434 g/mol. The minimum absolute atomic E-state index is 0.00800. The van der Waals surface area contributed by atoms with Gasteiger partial charge in [-0.3, -0.25) is 0 Å². The zero-order valence-corrected chi connectivity index (χ0v) is 16.3. The summed E-state index contributed by atoms with van der Waals surface area (Å²) in [5.74, 6) is -2.62. The smallest absolute Gasteiger partial charge is 0.336 e. The van der Waals surface area contributed by atoms with Gasteiger partial charge in [-0.1, -0.05) is 0 Å². The molecule has 0 heterocycles. The third-order valence-electron chi connectivity index (χ3n) is 3.55. The van der Waals surface area contributed by atoms with Crippen molar-refractivity contribution in [2.45, 2.75) is 13.2 Å². The van der Waals surface area contributed by atoms with Gasteiger partial charge < -0.3 is 48.8 Å². The summed E-state index contributed by atoms with van der Waals surface area (Å²) < 4.78 is 30.0. The van der Waals surface area contributed by atoms with Crippen LogP contribution in [0.1, 0.15) is 31.8 Å². The lowest BCUT2D eigenvalue weighted by atomic mass is 9.98. The van der Waals surface area contributed by atoms with E-state index >= 15 is 0 Å². The van der Waals surface area contributed by atoms with Crippen molar-refractivity contribution in [2.75, 3.05) is 53.6 Å². The number of benzene rings is 1. The van der Waals surface area contributed by atoms with Gasteiger partial charge in [0.1, 0.15) is 27.2 Å². The minimum Gasteiger partial charge on any atom is -0.478 e. The molecule has 30 heavy (non-hydrogen) atoms. The van der Waals surface area contributed by atoms with Crippen LogP contribution in [0.2, 0.25) is 0 Å². The second-order valence-electron chi connectivity index (χ2n) is 5.60. The predicted octanol–water partition coefficient (Wildman–Crippen LogP) is -0.00280. The molecule has 0 aliphatic carbocycles. The Hall–Kier alpha value is -2.16. The highest BCUT2D eigenvalue weighted by Crippen LogP contribution is 2.21. The minimum atomic E-state index is -1.31. The van der Waals surface area contributed by atoms with E-state index in [1.807, 2.05) is 0 Å². The lowest BCUT2D eigenvalue weighted by Gasteiger charge is -2.14. The Kier molecular flexibility index (Phi) is 13.5.